The van der Waals surface area contributed by atoms with Crippen LogP contribution in [0, 0.1) is 6.92 Å². The number of ether oxygens (including phenoxy) is 2. The Morgan fingerprint density at radius 2 is 1.86 bits per heavy atom. The first-order valence-corrected chi connectivity index (χ1v) is 11.3. The van der Waals surface area contributed by atoms with Crippen molar-refractivity contribution < 1.29 is 23.9 Å². The number of rotatable bonds is 5. The van der Waals surface area contributed by atoms with E-state index < -0.39 is 35.3 Å². The molecule has 11 nitrogen and oxygen atoms in total. The van der Waals surface area contributed by atoms with Gasteiger partial charge in [-0.2, -0.15) is 0 Å². The Morgan fingerprint density at radius 1 is 1.14 bits per heavy atom. The SMILES string of the molecule is COC(=O)C1=C(N)Oc2cc(C)n(Cc3ccccn3)c(=O)c2C12C(=O)N(CC(N)=O)c1ccccc12. The minimum Gasteiger partial charge on any atom is -0.465 e. The summed E-state index contributed by atoms with van der Waals surface area (Å²) in [6, 6.07) is 13.4. The molecular weight excluding hydrogens is 478 g/mol. The number of nitrogens with zero attached hydrogens (tertiary/aromatic N) is 3. The standard InChI is InChI=1S/C26H23N5O6/c1-14-11-18-20(23(33)30(14)12-15-7-5-6-10-29-15)26(21(22(28)37-18)24(34)36-2)16-8-3-4-9-17(16)31(25(26)35)13-19(27)32/h3-11H,12-13,28H2,1-2H3,(H2,27,32). The molecule has 2 aromatic heterocycles. The number of hydrogen-bond donors (Lipinski definition) is 2. The molecule has 0 aliphatic carbocycles. The molecule has 0 fully saturated rings. The van der Waals surface area contributed by atoms with Crippen molar-refractivity contribution in [1.29, 1.82) is 0 Å². The smallest absolute Gasteiger partial charge is 0.340 e. The normalized spacial score (nSPS) is 17.9. The molecule has 0 bridgehead atoms. The van der Waals surface area contributed by atoms with E-state index in [1.165, 1.54) is 4.57 Å². The summed E-state index contributed by atoms with van der Waals surface area (Å²) in [6.07, 6.45) is 1.61. The minimum atomic E-state index is -2.03. The number of aryl methyl sites for hydroxylation is 1. The van der Waals surface area contributed by atoms with Crippen molar-refractivity contribution in [2.24, 2.45) is 11.5 Å². The van der Waals surface area contributed by atoms with Crippen LogP contribution in [0.2, 0.25) is 0 Å². The Kier molecular flexibility index (Phi) is 5.55. The van der Waals surface area contributed by atoms with Crippen molar-refractivity contribution in [3.05, 3.63) is 99.1 Å². The van der Waals surface area contributed by atoms with E-state index in [0.29, 0.717) is 17.1 Å². The number of aromatic nitrogens is 2. The second kappa shape index (κ2) is 8.63. The first kappa shape index (κ1) is 23.8. The molecule has 1 unspecified atom stereocenters. The first-order valence-electron chi connectivity index (χ1n) is 11.3. The number of carbonyl (C=O) groups excluding carboxylic acids is 3. The molecule has 1 atom stereocenters. The molecule has 2 aliphatic heterocycles. The molecule has 188 valence electrons. The second-order valence-corrected chi connectivity index (χ2v) is 8.69. The fraction of sp³-hybridized carbons (Fsp3) is 0.192. The molecule has 1 aromatic carbocycles. The lowest BCUT2D eigenvalue weighted by atomic mass is 9.68. The molecule has 2 aliphatic rings. The van der Waals surface area contributed by atoms with Gasteiger partial charge in [0.1, 0.15) is 23.3 Å². The van der Waals surface area contributed by atoms with E-state index in [4.69, 9.17) is 20.9 Å². The number of nitrogens with two attached hydrogens (primary N) is 2. The van der Waals surface area contributed by atoms with Crippen molar-refractivity contribution in [1.82, 2.24) is 9.55 Å². The average molecular weight is 501 g/mol. The largest absolute Gasteiger partial charge is 0.465 e. The lowest BCUT2D eigenvalue weighted by Crippen LogP contribution is -2.53. The number of benzene rings is 1. The summed E-state index contributed by atoms with van der Waals surface area (Å²) in [5, 5.41) is 0. The highest BCUT2D eigenvalue weighted by Gasteiger charge is 2.62. The molecule has 0 saturated heterocycles. The van der Waals surface area contributed by atoms with Gasteiger partial charge in [-0.15, -0.1) is 0 Å². The minimum absolute atomic E-state index is 0.0222. The Balaban J connectivity index is 1.88. The van der Waals surface area contributed by atoms with Crippen LogP contribution in [-0.4, -0.2) is 41.0 Å². The molecule has 0 saturated carbocycles. The van der Waals surface area contributed by atoms with Crippen LogP contribution in [0.15, 0.2) is 71.0 Å². The van der Waals surface area contributed by atoms with Crippen LogP contribution in [0.1, 0.15) is 22.5 Å². The Bertz CT molecular complexity index is 1560. The number of fused-ring (bicyclic) bond motifs is 4. The van der Waals surface area contributed by atoms with Crippen molar-refractivity contribution in [3.8, 4) is 5.75 Å². The number of amides is 2. The number of methoxy groups -OCH3 is 1. The monoisotopic (exact) mass is 501 g/mol. The molecule has 4 N–H and O–H groups in total. The molecule has 11 heteroatoms. The molecule has 37 heavy (non-hydrogen) atoms. The first-order chi connectivity index (χ1) is 17.7. The molecule has 2 amide bonds. The summed E-state index contributed by atoms with van der Waals surface area (Å²) in [4.78, 5) is 59.1. The summed E-state index contributed by atoms with van der Waals surface area (Å²) in [6.45, 7) is 1.33. The summed E-state index contributed by atoms with van der Waals surface area (Å²) in [7, 11) is 1.13. The van der Waals surface area contributed by atoms with E-state index in [2.05, 4.69) is 4.98 Å². The Hall–Kier alpha value is -4.93. The highest BCUT2D eigenvalue weighted by Crippen LogP contribution is 2.54. The van der Waals surface area contributed by atoms with Crippen LogP contribution in [0.5, 0.6) is 5.75 Å². The number of para-hydroxylation sites is 1. The summed E-state index contributed by atoms with van der Waals surface area (Å²) in [5.41, 5.74) is 10.3. The lowest BCUT2D eigenvalue weighted by molar-refractivity contribution is -0.138. The van der Waals surface area contributed by atoms with Gasteiger partial charge < -0.3 is 30.4 Å². The molecule has 5 rings (SSSR count). The number of hydrogen-bond acceptors (Lipinski definition) is 8. The highest BCUT2D eigenvalue weighted by atomic mass is 16.5. The zero-order valence-corrected chi connectivity index (χ0v) is 20.1. The highest BCUT2D eigenvalue weighted by molar-refractivity contribution is 6.19. The van der Waals surface area contributed by atoms with Gasteiger partial charge >= 0.3 is 5.97 Å². The van der Waals surface area contributed by atoms with Gasteiger partial charge in [0.15, 0.2) is 0 Å². The van der Waals surface area contributed by atoms with Gasteiger partial charge in [-0.3, -0.25) is 19.4 Å². The van der Waals surface area contributed by atoms with E-state index in [0.717, 1.165) is 12.0 Å². The molecule has 1 spiro atoms. The number of primary amides is 1. The quantitative estimate of drug-likeness (QED) is 0.477. The van der Waals surface area contributed by atoms with E-state index in [1.807, 2.05) is 0 Å². The van der Waals surface area contributed by atoms with Crippen LogP contribution in [0.4, 0.5) is 5.69 Å². The zero-order valence-electron chi connectivity index (χ0n) is 20.1. The van der Waals surface area contributed by atoms with E-state index >= 15 is 0 Å². The third-order valence-electron chi connectivity index (χ3n) is 6.60. The van der Waals surface area contributed by atoms with Crippen LogP contribution in [0.25, 0.3) is 0 Å². The predicted molar refractivity (Wildman–Crippen MR) is 131 cm³/mol. The predicted octanol–water partition coefficient (Wildman–Crippen LogP) is 0.454. The summed E-state index contributed by atoms with van der Waals surface area (Å²) >= 11 is 0. The molecule has 3 aromatic rings. The molecule has 0 radical (unpaired) electrons. The summed E-state index contributed by atoms with van der Waals surface area (Å²) in [5.74, 6) is -2.84. The van der Waals surface area contributed by atoms with Crippen LogP contribution in [0.3, 0.4) is 0 Å². The Labute approximate surface area is 210 Å². The van der Waals surface area contributed by atoms with Gasteiger partial charge in [0.2, 0.25) is 17.7 Å². The maximum Gasteiger partial charge on any atom is 0.340 e. The topological polar surface area (TPSA) is 160 Å². The fourth-order valence-corrected chi connectivity index (χ4v) is 5.10. The van der Waals surface area contributed by atoms with Gasteiger partial charge in [0.05, 0.1) is 24.9 Å². The summed E-state index contributed by atoms with van der Waals surface area (Å²) < 4.78 is 12.2. The number of pyridine rings is 2. The van der Waals surface area contributed by atoms with Gasteiger partial charge in [-0.05, 0) is 25.1 Å². The zero-order chi connectivity index (χ0) is 26.5. The van der Waals surface area contributed by atoms with Crippen LogP contribution in [-0.2, 0) is 31.1 Å². The Morgan fingerprint density at radius 3 is 2.54 bits per heavy atom. The van der Waals surface area contributed by atoms with E-state index in [-0.39, 0.29) is 34.9 Å². The molecule has 4 heterocycles. The number of anilines is 1. The third-order valence-corrected chi connectivity index (χ3v) is 6.60. The van der Waals surface area contributed by atoms with E-state index in [9.17, 15) is 19.2 Å². The van der Waals surface area contributed by atoms with Crippen molar-refractivity contribution in [3.63, 3.8) is 0 Å². The maximum absolute atomic E-state index is 14.3. The average Bonchev–Trinajstić information content (AvgIpc) is 3.10. The van der Waals surface area contributed by atoms with Gasteiger partial charge in [-0.25, -0.2) is 4.79 Å². The molecular formula is C26H23N5O6. The lowest BCUT2D eigenvalue weighted by Gasteiger charge is -2.35. The van der Waals surface area contributed by atoms with Crippen LogP contribution < -0.4 is 26.7 Å². The fourth-order valence-electron chi connectivity index (χ4n) is 5.10. The third kappa shape index (κ3) is 3.39. The van der Waals surface area contributed by atoms with Crippen molar-refractivity contribution >= 4 is 23.5 Å². The van der Waals surface area contributed by atoms with Gasteiger partial charge in [-0.1, -0.05) is 24.3 Å². The van der Waals surface area contributed by atoms with Crippen molar-refractivity contribution in [2.75, 3.05) is 18.6 Å². The van der Waals surface area contributed by atoms with Gasteiger partial charge in [0.25, 0.3) is 5.56 Å². The van der Waals surface area contributed by atoms with Crippen LogP contribution >= 0.6 is 0 Å². The number of esters is 1. The van der Waals surface area contributed by atoms with Crippen molar-refractivity contribution in [2.45, 2.75) is 18.9 Å². The van der Waals surface area contributed by atoms with E-state index in [1.54, 1.807) is 61.7 Å². The second-order valence-electron chi connectivity index (χ2n) is 8.69. The number of carbonyl (C=O) groups is 3. The maximum atomic E-state index is 14.3. The van der Waals surface area contributed by atoms with Gasteiger partial charge in [0, 0.05) is 29.2 Å².